The topological polar surface area (TPSA) is 32.3 Å². The van der Waals surface area contributed by atoms with Crippen LogP contribution in [0.4, 0.5) is 5.69 Å². The van der Waals surface area contributed by atoms with Gasteiger partial charge in [0.2, 0.25) is 0 Å². The first-order valence-electron chi connectivity index (χ1n) is 10.4. The van der Waals surface area contributed by atoms with E-state index in [0.717, 1.165) is 31.5 Å². The highest BCUT2D eigenvalue weighted by atomic mass is 16.1. The van der Waals surface area contributed by atoms with Crippen LogP contribution < -0.4 is 10.2 Å². The van der Waals surface area contributed by atoms with E-state index in [2.05, 4.69) is 84.7 Å². The molecule has 1 unspecified atom stereocenters. The number of benzene rings is 3. The Morgan fingerprint density at radius 1 is 1.00 bits per heavy atom. The highest BCUT2D eigenvalue weighted by molar-refractivity contribution is 5.94. The van der Waals surface area contributed by atoms with Gasteiger partial charge in [0.25, 0.3) is 5.91 Å². The number of anilines is 1. The SMILES string of the molecule is CCC(NC(=O)c1ccc(CN2CCc3ccccc32)cc1)c1ccc(C)cc1. The van der Waals surface area contributed by atoms with E-state index in [9.17, 15) is 4.79 Å². The van der Waals surface area contributed by atoms with Crippen molar-refractivity contribution in [2.75, 3.05) is 11.4 Å². The van der Waals surface area contributed by atoms with Crippen molar-refractivity contribution < 1.29 is 4.79 Å². The van der Waals surface area contributed by atoms with E-state index in [1.165, 1.54) is 22.4 Å². The molecule has 29 heavy (non-hydrogen) atoms. The molecule has 3 heteroatoms. The van der Waals surface area contributed by atoms with Crippen LogP contribution in [0, 0.1) is 6.92 Å². The van der Waals surface area contributed by atoms with Gasteiger partial charge in [-0.25, -0.2) is 0 Å². The molecule has 3 aromatic rings. The van der Waals surface area contributed by atoms with E-state index >= 15 is 0 Å². The van der Waals surface area contributed by atoms with Crippen molar-refractivity contribution in [1.82, 2.24) is 5.32 Å². The minimum absolute atomic E-state index is 0.0181. The third-order valence-electron chi connectivity index (χ3n) is 5.77. The molecule has 1 N–H and O–H groups in total. The Morgan fingerprint density at radius 2 is 1.72 bits per heavy atom. The fourth-order valence-corrected chi connectivity index (χ4v) is 4.01. The van der Waals surface area contributed by atoms with Crippen molar-refractivity contribution in [1.29, 1.82) is 0 Å². The number of para-hydroxylation sites is 1. The van der Waals surface area contributed by atoms with Crippen LogP contribution in [0.1, 0.15) is 52.0 Å². The highest BCUT2D eigenvalue weighted by Crippen LogP contribution is 2.28. The second kappa shape index (κ2) is 8.52. The predicted octanol–water partition coefficient (Wildman–Crippen LogP) is 5.44. The Bertz CT molecular complexity index is 976. The predicted molar refractivity (Wildman–Crippen MR) is 119 cm³/mol. The largest absolute Gasteiger partial charge is 0.367 e. The quantitative estimate of drug-likeness (QED) is 0.614. The summed E-state index contributed by atoms with van der Waals surface area (Å²) in [6, 6.07) is 25.0. The van der Waals surface area contributed by atoms with Gasteiger partial charge in [-0.05, 0) is 54.7 Å². The first kappa shape index (κ1) is 19.3. The van der Waals surface area contributed by atoms with E-state index in [1.54, 1.807) is 0 Å². The molecule has 3 nitrogen and oxygen atoms in total. The number of amides is 1. The molecule has 0 aromatic heterocycles. The van der Waals surface area contributed by atoms with Crippen LogP contribution in [-0.4, -0.2) is 12.5 Å². The number of rotatable bonds is 6. The van der Waals surface area contributed by atoms with Crippen molar-refractivity contribution in [2.45, 2.75) is 39.3 Å². The van der Waals surface area contributed by atoms with Crippen molar-refractivity contribution in [3.63, 3.8) is 0 Å². The molecule has 0 saturated heterocycles. The van der Waals surface area contributed by atoms with Gasteiger partial charge in [-0.15, -0.1) is 0 Å². The van der Waals surface area contributed by atoms with Gasteiger partial charge in [0, 0.05) is 24.3 Å². The number of fused-ring (bicyclic) bond motifs is 1. The molecular formula is C26H28N2O. The van der Waals surface area contributed by atoms with Gasteiger partial charge in [-0.1, -0.05) is 67.1 Å². The monoisotopic (exact) mass is 384 g/mol. The average Bonchev–Trinajstić information content (AvgIpc) is 3.16. The first-order chi connectivity index (χ1) is 14.1. The summed E-state index contributed by atoms with van der Waals surface area (Å²) < 4.78 is 0. The minimum atomic E-state index is -0.0181. The van der Waals surface area contributed by atoms with Gasteiger partial charge in [-0.3, -0.25) is 4.79 Å². The molecule has 0 radical (unpaired) electrons. The lowest BCUT2D eigenvalue weighted by Gasteiger charge is -2.20. The Morgan fingerprint density at radius 3 is 2.45 bits per heavy atom. The van der Waals surface area contributed by atoms with E-state index in [4.69, 9.17) is 0 Å². The highest BCUT2D eigenvalue weighted by Gasteiger charge is 2.18. The van der Waals surface area contributed by atoms with Gasteiger partial charge in [-0.2, -0.15) is 0 Å². The molecule has 0 saturated carbocycles. The molecule has 4 rings (SSSR count). The van der Waals surface area contributed by atoms with Crippen molar-refractivity contribution in [3.8, 4) is 0 Å². The van der Waals surface area contributed by atoms with Crippen LogP contribution in [-0.2, 0) is 13.0 Å². The fraction of sp³-hybridized carbons (Fsp3) is 0.269. The molecule has 0 fully saturated rings. The van der Waals surface area contributed by atoms with Crippen molar-refractivity contribution in [3.05, 3.63) is 101 Å². The van der Waals surface area contributed by atoms with Crippen molar-refractivity contribution in [2.24, 2.45) is 0 Å². The zero-order valence-electron chi connectivity index (χ0n) is 17.2. The molecule has 1 aliphatic heterocycles. The molecule has 0 bridgehead atoms. The second-order valence-electron chi connectivity index (χ2n) is 7.84. The van der Waals surface area contributed by atoms with Crippen molar-refractivity contribution >= 4 is 11.6 Å². The van der Waals surface area contributed by atoms with Crippen LogP contribution in [0.25, 0.3) is 0 Å². The Labute approximate surface area is 173 Å². The van der Waals surface area contributed by atoms with Crippen LogP contribution in [0.5, 0.6) is 0 Å². The molecule has 1 heterocycles. The van der Waals surface area contributed by atoms with Gasteiger partial charge in [0.15, 0.2) is 0 Å². The lowest BCUT2D eigenvalue weighted by atomic mass is 10.0. The summed E-state index contributed by atoms with van der Waals surface area (Å²) >= 11 is 0. The standard InChI is InChI=1S/C26H28N2O/c1-3-24(21-12-8-19(2)9-13-21)27-26(29)23-14-10-20(11-15-23)18-28-17-16-22-6-4-5-7-25(22)28/h4-15,24H,3,16-18H2,1-2H3,(H,27,29). The molecule has 3 aromatic carbocycles. The third kappa shape index (κ3) is 4.34. The van der Waals surface area contributed by atoms with Crippen LogP contribution in [0.2, 0.25) is 0 Å². The molecule has 148 valence electrons. The molecular weight excluding hydrogens is 356 g/mol. The number of hydrogen-bond donors (Lipinski definition) is 1. The minimum Gasteiger partial charge on any atom is -0.367 e. The summed E-state index contributed by atoms with van der Waals surface area (Å²) in [5, 5.41) is 3.17. The van der Waals surface area contributed by atoms with E-state index < -0.39 is 0 Å². The van der Waals surface area contributed by atoms with E-state index in [0.29, 0.717) is 5.56 Å². The normalized spacial score (nSPS) is 13.8. The van der Waals surface area contributed by atoms with Crippen LogP contribution in [0.3, 0.4) is 0 Å². The summed E-state index contributed by atoms with van der Waals surface area (Å²) in [6.45, 7) is 6.10. The maximum absolute atomic E-state index is 12.8. The lowest BCUT2D eigenvalue weighted by molar-refractivity contribution is 0.0935. The zero-order valence-corrected chi connectivity index (χ0v) is 17.2. The number of carbonyl (C=O) groups excluding carboxylic acids is 1. The number of nitrogens with zero attached hydrogens (tertiary/aromatic N) is 1. The van der Waals surface area contributed by atoms with Gasteiger partial charge in [0.05, 0.1) is 6.04 Å². The lowest BCUT2D eigenvalue weighted by Crippen LogP contribution is -2.28. The molecule has 0 spiro atoms. The molecule has 1 aliphatic rings. The average molecular weight is 385 g/mol. The van der Waals surface area contributed by atoms with Gasteiger partial charge in [0.1, 0.15) is 0 Å². The molecule has 1 atom stereocenters. The summed E-state index contributed by atoms with van der Waals surface area (Å²) in [5.74, 6) is -0.0181. The fourth-order valence-electron chi connectivity index (χ4n) is 4.01. The maximum atomic E-state index is 12.8. The summed E-state index contributed by atoms with van der Waals surface area (Å²) in [6.07, 6.45) is 1.97. The summed E-state index contributed by atoms with van der Waals surface area (Å²) in [5.41, 5.74) is 7.07. The molecule has 0 aliphatic carbocycles. The Kier molecular flexibility index (Phi) is 5.66. The van der Waals surface area contributed by atoms with Crippen LogP contribution in [0.15, 0.2) is 72.8 Å². The van der Waals surface area contributed by atoms with E-state index in [-0.39, 0.29) is 11.9 Å². The van der Waals surface area contributed by atoms with Gasteiger partial charge < -0.3 is 10.2 Å². The zero-order chi connectivity index (χ0) is 20.2. The Balaban J connectivity index is 1.41. The first-order valence-corrected chi connectivity index (χ1v) is 10.4. The Hall–Kier alpha value is -3.07. The molecule has 1 amide bonds. The summed E-state index contributed by atoms with van der Waals surface area (Å²) in [4.78, 5) is 15.2. The smallest absolute Gasteiger partial charge is 0.251 e. The number of nitrogens with one attached hydrogen (secondary N) is 1. The van der Waals surface area contributed by atoms with Crippen LogP contribution >= 0.6 is 0 Å². The second-order valence-corrected chi connectivity index (χ2v) is 7.84. The van der Waals surface area contributed by atoms with E-state index in [1.807, 2.05) is 12.1 Å². The number of aryl methyl sites for hydroxylation is 1. The maximum Gasteiger partial charge on any atom is 0.251 e. The number of hydrogen-bond acceptors (Lipinski definition) is 2. The van der Waals surface area contributed by atoms with Gasteiger partial charge >= 0.3 is 0 Å². The number of carbonyl (C=O) groups is 1. The summed E-state index contributed by atoms with van der Waals surface area (Å²) in [7, 11) is 0. The third-order valence-corrected chi connectivity index (χ3v) is 5.77.